The van der Waals surface area contributed by atoms with E-state index in [2.05, 4.69) is 74.0 Å². The van der Waals surface area contributed by atoms with Gasteiger partial charge < -0.3 is 10.2 Å². The average molecular weight is 446 g/mol. The lowest BCUT2D eigenvalue weighted by molar-refractivity contribution is -0.125. The van der Waals surface area contributed by atoms with Gasteiger partial charge in [-0.1, -0.05) is 61.9 Å². The largest absolute Gasteiger partial charge is 0.339 e. The molecule has 0 aliphatic carbocycles. The molecule has 0 radical (unpaired) electrons. The molecule has 2 aliphatic heterocycles. The van der Waals surface area contributed by atoms with Crippen LogP contribution in [0.3, 0.4) is 0 Å². The number of amides is 1. The van der Waals surface area contributed by atoms with Gasteiger partial charge in [-0.3, -0.25) is 9.69 Å². The van der Waals surface area contributed by atoms with Gasteiger partial charge in [0.25, 0.3) is 0 Å². The maximum atomic E-state index is 13.1. The molecule has 2 aromatic carbocycles. The second kappa shape index (κ2) is 9.31. The van der Waals surface area contributed by atoms with Crippen LogP contribution in [-0.4, -0.2) is 56.3 Å². The molecule has 1 spiro atoms. The van der Waals surface area contributed by atoms with Gasteiger partial charge in [0.05, 0.1) is 12.7 Å². The molecule has 8 nitrogen and oxygen atoms in total. The molecule has 0 bridgehead atoms. The molecule has 1 aromatic heterocycles. The highest BCUT2D eigenvalue weighted by molar-refractivity contribution is 5.93. The number of piperidine rings is 1. The number of likely N-dealkylation sites (tertiary alicyclic amines) is 1. The molecule has 1 unspecified atom stereocenters. The number of aryl methyl sites for hydroxylation is 1. The summed E-state index contributed by atoms with van der Waals surface area (Å²) in [6.07, 6.45) is 3.64. The molecule has 3 aromatic rings. The zero-order valence-electron chi connectivity index (χ0n) is 19.1. The van der Waals surface area contributed by atoms with Crippen LogP contribution in [0.4, 0.5) is 5.69 Å². The number of rotatable bonds is 7. The summed E-state index contributed by atoms with van der Waals surface area (Å²) in [6.45, 7) is 5.12. The quantitative estimate of drug-likeness (QED) is 0.602. The first kappa shape index (κ1) is 21.6. The van der Waals surface area contributed by atoms with Crippen molar-refractivity contribution in [3.05, 3.63) is 72.1 Å². The predicted octanol–water partition coefficient (Wildman–Crippen LogP) is 2.99. The Bertz CT molecular complexity index is 1060. The van der Waals surface area contributed by atoms with E-state index in [9.17, 15) is 4.79 Å². The van der Waals surface area contributed by atoms with Crippen LogP contribution in [-0.2, 0) is 11.3 Å². The molecule has 2 aliphatic rings. The number of hydrogen-bond acceptors (Lipinski definition) is 6. The number of para-hydroxylation sites is 1. The van der Waals surface area contributed by atoms with Crippen molar-refractivity contribution in [3.8, 4) is 0 Å². The normalized spacial score (nSPS) is 19.1. The fraction of sp³-hybridized carbons (Fsp3) is 0.440. The Kier molecular flexibility index (Phi) is 6.09. The van der Waals surface area contributed by atoms with Gasteiger partial charge in [0, 0.05) is 25.3 Å². The smallest absolute Gasteiger partial charge is 0.247 e. The molecule has 172 valence electrons. The van der Waals surface area contributed by atoms with E-state index in [0.29, 0.717) is 6.67 Å². The first-order valence-electron chi connectivity index (χ1n) is 11.9. The fourth-order valence-electron chi connectivity index (χ4n) is 5.22. The number of tetrazole rings is 1. The number of carbonyl (C=O) groups excluding carboxylic acids is 1. The number of nitrogens with one attached hydrogen (secondary N) is 1. The highest BCUT2D eigenvalue weighted by atomic mass is 16.2. The van der Waals surface area contributed by atoms with Gasteiger partial charge in [-0.25, -0.2) is 4.68 Å². The molecule has 0 saturated carbocycles. The SMILES string of the molecule is CCCCn1nnnc1C(c1ccccc1)N1CCC2(CC1)C(=O)NCN2c1ccccc1. The summed E-state index contributed by atoms with van der Waals surface area (Å²) in [6, 6.07) is 20.7. The van der Waals surface area contributed by atoms with Crippen molar-refractivity contribution >= 4 is 11.6 Å². The zero-order valence-corrected chi connectivity index (χ0v) is 19.1. The first-order chi connectivity index (χ1) is 16.2. The van der Waals surface area contributed by atoms with Crippen LogP contribution in [0, 0.1) is 0 Å². The van der Waals surface area contributed by atoms with Gasteiger partial charge in [-0.05, 0) is 47.4 Å². The summed E-state index contributed by atoms with van der Waals surface area (Å²) in [7, 11) is 0. The Labute approximate surface area is 194 Å². The van der Waals surface area contributed by atoms with Gasteiger partial charge in [-0.15, -0.1) is 5.10 Å². The van der Waals surface area contributed by atoms with Crippen LogP contribution in [0.25, 0.3) is 0 Å². The molecule has 1 amide bonds. The maximum Gasteiger partial charge on any atom is 0.247 e. The number of benzene rings is 2. The van der Waals surface area contributed by atoms with Crippen LogP contribution in [0.2, 0.25) is 0 Å². The molecule has 2 saturated heterocycles. The molecule has 2 fully saturated rings. The summed E-state index contributed by atoms with van der Waals surface area (Å²) in [5.41, 5.74) is 1.76. The minimum absolute atomic E-state index is 0.0370. The van der Waals surface area contributed by atoms with Gasteiger partial charge in [0.15, 0.2) is 5.82 Å². The van der Waals surface area contributed by atoms with Gasteiger partial charge >= 0.3 is 0 Å². The van der Waals surface area contributed by atoms with E-state index in [1.54, 1.807) is 0 Å². The van der Waals surface area contributed by atoms with Gasteiger partial charge in [0.2, 0.25) is 5.91 Å². The van der Waals surface area contributed by atoms with Crippen molar-refractivity contribution in [2.24, 2.45) is 0 Å². The van der Waals surface area contributed by atoms with E-state index >= 15 is 0 Å². The van der Waals surface area contributed by atoms with Gasteiger partial charge in [-0.2, -0.15) is 0 Å². The minimum atomic E-state index is -0.507. The summed E-state index contributed by atoms with van der Waals surface area (Å²) < 4.78 is 1.95. The maximum absolute atomic E-state index is 13.1. The lowest BCUT2D eigenvalue weighted by Gasteiger charge is -2.45. The Morgan fingerprint density at radius 1 is 1.03 bits per heavy atom. The van der Waals surface area contributed by atoms with Crippen LogP contribution >= 0.6 is 0 Å². The molecule has 3 heterocycles. The van der Waals surface area contributed by atoms with E-state index in [0.717, 1.165) is 56.8 Å². The van der Waals surface area contributed by atoms with Crippen LogP contribution in [0.1, 0.15) is 50.0 Å². The van der Waals surface area contributed by atoms with E-state index in [1.165, 1.54) is 5.56 Å². The fourth-order valence-corrected chi connectivity index (χ4v) is 5.22. The minimum Gasteiger partial charge on any atom is -0.339 e. The molecule has 8 heteroatoms. The summed E-state index contributed by atoms with van der Waals surface area (Å²) in [5.74, 6) is 1.01. The Morgan fingerprint density at radius 2 is 1.73 bits per heavy atom. The third-order valence-corrected chi connectivity index (χ3v) is 7.04. The number of carbonyl (C=O) groups is 1. The highest BCUT2D eigenvalue weighted by Crippen LogP contribution is 2.39. The van der Waals surface area contributed by atoms with Crippen molar-refractivity contribution in [1.82, 2.24) is 30.4 Å². The van der Waals surface area contributed by atoms with E-state index < -0.39 is 5.54 Å². The van der Waals surface area contributed by atoms with Crippen molar-refractivity contribution in [2.45, 2.75) is 50.7 Å². The van der Waals surface area contributed by atoms with E-state index in [1.807, 2.05) is 28.9 Å². The second-order valence-corrected chi connectivity index (χ2v) is 8.92. The molecule has 33 heavy (non-hydrogen) atoms. The number of nitrogens with zero attached hydrogens (tertiary/aromatic N) is 6. The Hall–Kier alpha value is -3.26. The summed E-state index contributed by atoms with van der Waals surface area (Å²) >= 11 is 0. The number of aromatic nitrogens is 4. The van der Waals surface area contributed by atoms with Crippen molar-refractivity contribution in [2.75, 3.05) is 24.7 Å². The Balaban J connectivity index is 1.43. The van der Waals surface area contributed by atoms with Crippen LogP contribution in [0.15, 0.2) is 60.7 Å². The van der Waals surface area contributed by atoms with E-state index in [-0.39, 0.29) is 11.9 Å². The monoisotopic (exact) mass is 445 g/mol. The Morgan fingerprint density at radius 3 is 2.42 bits per heavy atom. The molecular formula is C25H31N7O. The number of unbranched alkanes of at least 4 members (excludes halogenated alkanes) is 1. The standard InChI is InChI=1S/C25H31N7O/c1-2-3-16-32-23(27-28-29-32)22(20-10-6-4-7-11-20)30-17-14-25(15-18-30)24(33)26-19-31(25)21-12-8-5-9-13-21/h4-13,22H,2-3,14-19H2,1H3,(H,26,33). The zero-order chi connectivity index (χ0) is 22.7. The topological polar surface area (TPSA) is 79.2 Å². The third kappa shape index (κ3) is 3.99. The molecular weight excluding hydrogens is 414 g/mol. The highest BCUT2D eigenvalue weighted by Gasteiger charge is 2.51. The second-order valence-electron chi connectivity index (χ2n) is 8.92. The molecule has 1 N–H and O–H groups in total. The summed E-state index contributed by atoms with van der Waals surface area (Å²) in [5, 5.41) is 15.9. The molecule has 1 atom stereocenters. The van der Waals surface area contributed by atoms with Crippen LogP contribution < -0.4 is 10.2 Å². The first-order valence-corrected chi connectivity index (χ1v) is 11.9. The number of hydrogen-bond donors (Lipinski definition) is 1. The van der Waals surface area contributed by atoms with Crippen molar-refractivity contribution in [1.29, 1.82) is 0 Å². The predicted molar refractivity (Wildman–Crippen MR) is 126 cm³/mol. The lowest BCUT2D eigenvalue weighted by atomic mass is 9.84. The van der Waals surface area contributed by atoms with Crippen LogP contribution in [0.5, 0.6) is 0 Å². The van der Waals surface area contributed by atoms with Gasteiger partial charge in [0.1, 0.15) is 5.54 Å². The average Bonchev–Trinajstić information content (AvgIpc) is 3.45. The third-order valence-electron chi connectivity index (χ3n) is 7.04. The molecule has 5 rings (SSSR count). The van der Waals surface area contributed by atoms with Crippen molar-refractivity contribution in [3.63, 3.8) is 0 Å². The van der Waals surface area contributed by atoms with E-state index in [4.69, 9.17) is 0 Å². The lowest BCUT2D eigenvalue weighted by Crippen LogP contribution is -2.57. The summed E-state index contributed by atoms with van der Waals surface area (Å²) in [4.78, 5) is 17.8. The number of anilines is 1. The van der Waals surface area contributed by atoms with Crippen molar-refractivity contribution < 1.29 is 4.79 Å².